The molecule has 5 nitrogen and oxygen atoms in total. The van der Waals surface area contributed by atoms with Crippen molar-refractivity contribution in [1.82, 2.24) is 9.80 Å². The van der Waals surface area contributed by atoms with Crippen LogP contribution in [0.4, 0.5) is 5.69 Å². The van der Waals surface area contributed by atoms with Gasteiger partial charge in [0.2, 0.25) is 0 Å². The molecule has 0 saturated carbocycles. The van der Waals surface area contributed by atoms with Gasteiger partial charge in [-0.3, -0.25) is 4.79 Å². The molecule has 1 aliphatic heterocycles. The number of nitrogens with zero attached hydrogens (tertiary/aromatic N) is 2. The van der Waals surface area contributed by atoms with Gasteiger partial charge >= 0.3 is 0 Å². The highest BCUT2D eigenvalue weighted by Gasteiger charge is 2.19. The number of carbonyl (C=O) groups is 1. The highest BCUT2D eigenvalue weighted by Crippen LogP contribution is 2.22. The van der Waals surface area contributed by atoms with Crippen LogP contribution in [0.1, 0.15) is 16.8 Å². The molecule has 1 heterocycles. The van der Waals surface area contributed by atoms with E-state index in [4.69, 9.17) is 10.5 Å². The fourth-order valence-electron chi connectivity index (χ4n) is 2.30. The summed E-state index contributed by atoms with van der Waals surface area (Å²) in [5, 5.41) is 0. The van der Waals surface area contributed by atoms with Crippen LogP contribution in [0.2, 0.25) is 0 Å². The van der Waals surface area contributed by atoms with Crippen molar-refractivity contribution in [2.45, 2.75) is 6.42 Å². The Morgan fingerprint density at radius 2 is 2.05 bits per heavy atom. The highest BCUT2D eigenvalue weighted by molar-refractivity contribution is 5.95. The summed E-state index contributed by atoms with van der Waals surface area (Å²) >= 11 is 0. The van der Waals surface area contributed by atoms with Crippen LogP contribution in [0.25, 0.3) is 0 Å². The third-order valence-corrected chi connectivity index (χ3v) is 3.48. The number of hydrogen-bond acceptors (Lipinski definition) is 4. The number of nitrogen functional groups attached to an aromatic ring is 1. The quantitative estimate of drug-likeness (QED) is 0.810. The Kier molecular flexibility index (Phi) is 4.27. The number of benzene rings is 1. The lowest BCUT2D eigenvalue weighted by Gasteiger charge is -2.21. The molecule has 1 aromatic rings. The zero-order valence-corrected chi connectivity index (χ0v) is 11.6. The number of hydrogen-bond donors (Lipinski definition) is 1. The topological polar surface area (TPSA) is 58.8 Å². The van der Waals surface area contributed by atoms with E-state index >= 15 is 0 Å². The maximum atomic E-state index is 12.4. The lowest BCUT2D eigenvalue weighted by molar-refractivity contribution is 0.0763. The Morgan fingerprint density at radius 1 is 1.26 bits per heavy atom. The lowest BCUT2D eigenvalue weighted by Crippen LogP contribution is -2.34. The number of rotatable bonds is 2. The predicted octanol–water partition coefficient (Wildman–Crippen LogP) is 1.06. The fraction of sp³-hybridized carbons (Fsp3) is 0.500. The third kappa shape index (κ3) is 3.17. The predicted molar refractivity (Wildman–Crippen MR) is 75.4 cm³/mol. The van der Waals surface area contributed by atoms with Crippen molar-refractivity contribution < 1.29 is 9.53 Å². The van der Waals surface area contributed by atoms with Gasteiger partial charge in [0.15, 0.2) is 0 Å². The van der Waals surface area contributed by atoms with Gasteiger partial charge in [0.1, 0.15) is 5.75 Å². The lowest BCUT2D eigenvalue weighted by atomic mass is 10.1. The molecule has 1 amide bonds. The van der Waals surface area contributed by atoms with E-state index in [1.165, 1.54) is 0 Å². The largest absolute Gasteiger partial charge is 0.495 e. The molecule has 2 rings (SSSR count). The van der Waals surface area contributed by atoms with Crippen molar-refractivity contribution in [3.8, 4) is 5.75 Å². The summed E-state index contributed by atoms with van der Waals surface area (Å²) in [5.74, 6) is 0.650. The van der Waals surface area contributed by atoms with Crippen molar-refractivity contribution in [3.63, 3.8) is 0 Å². The van der Waals surface area contributed by atoms with Crippen molar-refractivity contribution in [2.75, 3.05) is 46.1 Å². The average Bonchev–Trinajstić information content (AvgIpc) is 2.62. The molecule has 0 bridgehead atoms. The van der Waals surface area contributed by atoms with Crippen LogP contribution in [0.5, 0.6) is 5.75 Å². The normalized spacial score (nSPS) is 17.1. The van der Waals surface area contributed by atoms with Crippen molar-refractivity contribution in [2.24, 2.45) is 0 Å². The summed E-state index contributed by atoms with van der Waals surface area (Å²) in [7, 11) is 3.65. The van der Waals surface area contributed by atoms with Crippen molar-refractivity contribution >= 4 is 11.6 Å². The minimum absolute atomic E-state index is 0.0460. The molecule has 1 aliphatic rings. The van der Waals surface area contributed by atoms with Gasteiger partial charge in [-0.1, -0.05) is 0 Å². The van der Waals surface area contributed by atoms with E-state index in [-0.39, 0.29) is 5.91 Å². The summed E-state index contributed by atoms with van der Waals surface area (Å²) < 4.78 is 5.10. The van der Waals surface area contributed by atoms with E-state index in [2.05, 4.69) is 11.9 Å². The molecule has 0 aromatic heterocycles. The molecular formula is C14H21N3O2. The van der Waals surface area contributed by atoms with Gasteiger partial charge in [-0.25, -0.2) is 0 Å². The number of likely N-dealkylation sites (N-methyl/N-ethyl adjacent to an activating group) is 1. The number of ether oxygens (including phenoxy) is 1. The molecule has 0 radical (unpaired) electrons. The second-order valence-corrected chi connectivity index (χ2v) is 4.91. The van der Waals surface area contributed by atoms with E-state index in [1.54, 1.807) is 25.3 Å². The van der Waals surface area contributed by atoms with Gasteiger partial charge in [-0.05, 0) is 38.2 Å². The van der Waals surface area contributed by atoms with Gasteiger partial charge in [0, 0.05) is 25.2 Å². The highest BCUT2D eigenvalue weighted by atomic mass is 16.5. The first-order chi connectivity index (χ1) is 9.11. The first kappa shape index (κ1) is 13.7. The van der Waals surface area contributed by atoms with Crippen LogP contribution >= 0.6 is 0 Å². The van der Waals surface area contributed by atoms with E-state index in [0.29, 0.717) is 17.0 Å². The monoisotopic (exact) mass is 263 g/mol. The Balaban J connectivity index is 2.12. The maximum Gasteiger partial charge on any atom is 0.253 e. The van der Waals surface area contributed by atoms with Crippen LogP contribution < -0.4 is 10.5 Å². The van der Waals surface area contributed by atoms with Crippen molar-refractivity contribution in [1.29, 1.82) is 0 Å². The molecule has 0 aliphatic carbocycles. The molecular weight excluding hydrogens is 242 g/mol. The van der Waals surface area contributed by atoms with Gasteiger partial charge in [0.05, 0.1) is 12.8 Å². The van der Waals surface area contributed by atoms with Crippen LogP contribution in [0.15, 0.2) is 18.2 Å². The second-order valence-electron chi connectivity index (χ2n) is 4.91. The van der Waals surface area contributed by atoms with E-state index in [0.717, 1.165) is 32.6 Å². The van der Waals surface area contributed by atoms with Crippen LogP contribution in [0.3, 0.4) is 0 Å². The number of amides is 1. The standard InChI is InChI=1S/C14H21N3O2/c1-16-6-3-7-17(9-8-16)14(18)11-4-5-13(19-2)12(15)10-11/h4-5,10H,3,6-9,15H2,1-2H3. The van der Waals surface area contributed by atoms with Crippen LogP contribution in [0, 0.1) is 0 Å². The van der Waals surface area contributed by atoms with E-state index in [9.17, 15) is 4.79 Å². The Morgan fingerprint density at radius 3 is 2.74 bits per heavy atom. The van der Waals surface area contributed by atoms with Gasteiger partial charge in [-0.2, -0.15) is 0 Å². The summed E-state index contributed by atoms with van der Waals surface area (Å²) in [6.07, 6.45) is 1.01. The number of carbonyl (C=O) groups excluding carboxylic acids is 1. The summed E-state index contributed by atoms with van der Waals surface area (Å²) in [6, 6.07) is 5.20. The third-order valence-electron chi connectivity index (χ3n) is 3.48. The zero-order valence-electron chi connectivity index (χ0n) is 11.6. The minimum atomic E-state index is 0.0460. The van der Waals surface area contributed by atoms with Crippen LogP contribution in [-0.4, -0.2) is 56.0 Å². The molecule has 1 fully saturated rings. The minimum Gasteiger partial charge on any atom is -0.495 e. The second kappa shape index (κ2) is 5.93. The number of anilines is 1. The molecule has 0 atom stereocenters. The van der Waals surface area contributed by atoms with Gasteiger partial charge < -0.3 is 20.3 Å². The summed E-state index contributed by atoms with van der Waals surface area (Å²) in [5.41, 5.74) is 6.98. The SMILES string of the molecule is COc1ccc(C(=O)N2CCCN(C)CC2)cc1N. The number of nitrogens with two attached hydrogens (primary N) is 1. The molecule has 0 unspecified atom stereocenters. The Bertz CT molecular complexity index is 462. The van der Waals surface area contributed by atoms with E-state index < -0.39 is 0 Å². The first-order valence-electron chi connectivity index (χ1n) is 6.53. The van der Waals surface area contributed by atoms with Gasteiger partial charge in [0.25, 0.3) is 5.91 Å². The first-order valence-corrected chi connectivity index (χ1v) is 6.53. The number of methoxy groups -OCH3 is 1. The molecule has 1 aromatic carbocycles. The van der Waals surface area contributed by atoms with Crippen molar-refractivity contribution in [3.05, 3.63) is 23.8 Å². The molecule has 5 heteroatoms. The summed E-state index contributed by atoms with van der Waals surface area (Å²) in [4.78, 5) is 16.6. The average molecular weight is 263 g/mol. The molecule has 104 valence electrons. The maximum absolute atomic E-state index is 12.4. The van der Waals surface area contributed by atoms with Gasteiger partial charge in [-0.15, -0.1) is 0 Å². The fourth-order valence-corrected chi connectivity index (χ4v) is 2.30. The zero-order chi connectivity index (χ0) is 13.8. The molecule has 0 spiro atoms. The Labute approximate surface area is 113 Å². The smallest absolute Gasteiger partial charge is 0.253 e. The van der Waals surface area contributed by atoms with Crippen LogP contribution in [-0.2, 0) is 0 Å². The molecule has 19 heavy (non-hydrogen) atoms. The Hall–Kier alpha value is -1.75. The van der Waals surface area contributed by atoms with E-state index in [1.807, 2.05) is 4.90 Å². The molecule has 1 saturated heterocycles. The molecule has 2 N–H and O–H groups in total. The summed E-state index contributed by atoms with van der Waals surface area (Å²) in [6.45, 7) is 3.52.